The number of nitrogens with zero attached hydrogens (tertiary/aromatic N) is 2. The molecule has 0 spiro atoms. The molecule has 1 aliphatic rings. The van der Waals surface area contributed by atoms with Gasteiger partial charge in [0.05, 0.1) is 12.4 Å². The highest BCUT2D eigenvalue weighted by atomic mass is 32.2. The molecule has 106 valence electrons. The van der Waals surface area contributed by atoms with Gasteiger partial charge in [-0.3, -0.25) is 0 Å². The van der Waals surface area contributed by atoms with E-state index < -0.39 is 0 Å². The first-order valence-corrected chi connectivity index (χ1v) is 7.33. The van der Waals surface area contributed by atoms with Crippen LogP contribution in [0, 0.1) is 5.82 Å². The Kier molecular flexibility index (Phi) is 4.29. The minimum atomic E-state index is -0.245. The van der Waals surface area contributed by atoms with Gasteiger partial charge < -0.3 is 14.6 Å². The largest absolute Gasteiger partial charge is 0.366 e. The van der Waals surface area contributed by atoms with E-state index in [0.29, 0.717) is 30.6 Å². The Bertz CT molecular complexity index is 572. The van der Waals surface area contributed by atoms with Gasteiger partial charge in [0, 0.05) is 18.0 Å². The summed E-state index contributed by atoms with van der Waals surface area (Å²) in [5.41, 5.74) is 0. The Morgan fingerprint density at radius 1 is 1.45 bits per heavy atom. The number of ether oxygens (including phenoxy) is 1. The number of halogens is 1. The standard InChI is InChI=1S/C13H14FN3O2S/c14-9-2-1-3-10(6-9)20-8-12-16-13(19-17-12)11-7-15-4-5-18-11/h1-3,6,11,15H,4-5,7-8H2. The van der Waals surface area contributed by atoms with Gasteiger partial charge in [-0.25, -0.2) is 4.39 Å². The lowest BCUT2D eigenvalue weighted by molar-refractivity contribution is 0.00755. The lowest BCUT2D eigenvalue weighted by Gasteiger charge is -2.19. The van der Waals surface area contributed by atoms with Crippen molar-refractivity contribution in [3.8, 4) is 0 Å². The molecular formula is C13H14FN3O2S. The molecule has 7 heteroatoms. The average molecular weight is 295 g/mol. The molecule has 1 fully saturated rings. The molecule has 1 aliphatic heterocycles. The Balaban J connectivity index is 1.59. The zero-order chi connectivity index (χ0) is 13.8. The summed E-state index contributed by atoms with van der Waals surface area (Å²) in [5.74, 6) is 1.37. The van der Waals surface area contributed by atoms with Gasteiger partial charge in [-0.1, -0.05) is 11.2 Å². The van der Waals surface area contributed by atoms with Crippen molar-refractivity contribution in [3.63, 3.8) is 0 Å². The average Bonchev–Trinajstić information content (AvgIpc) is 2.95. The van der Waals surface area contributed by atoms with Crippen LogP contribution in [0.5, 0.6) is 0 Å². The maximum absolute atomic E-state index is 13.1. The topological polar surface area (TPSA) is 60.2 Å². The molecule has 5 nitrogen and oxygen atoms in total. The maximum Gasteiger partial charge on any atom is 0.257 e. The third kappa shape index (κ3) is 3.36. The van der Waals surface area contributed by atoms with Crippen LogP contribution in [0.1, 0.15) is 17.8 Å². The second kappa shape index (κ2) is 6.34. The number of hydrogen-bond acceptors (Lipinski definition) is 6. The highest BCUT2D eigenvalue weighted by Gasteiger charge is 2.22. The third-order valence-electron chi connectivity index (χ3n) is 2.85. The van der Waals surface area contributed by atoms with E-state index in [1.54, 1.807) is 6.07 Å². The monoisotopic (exact) mass is 295 g/mol. The molecule has 0 aliphatic carbocycles. The van der Waals surface area contributed by atoms with Gasteiger partial charge in [0.25, 0.3) is 5.89 Å². The molecule has 1 N–H and O–H groups in total. The van der Waals surface area contributed by atoms with E-state index >= 15 is 0 Å². The highest BCUT2D eigenvalue weighted by Crippen LogP contribution is 2.23. The molecule has 1 aromatic carbocycles. The number of hydrogen-bond donors (Lipinski definition) is 1. The van der Waals surface area contributed by atoms with E-state index in [-0.39, 0.29) is 11.9 Å². The van der Waals surface area contributed by atoms with E-state index in [9.17, 15) is 4.39 Å². The summed E-state index contributed by atoms with van der Waals surface area (Å²) in [6.45, 7) is 2.16. The quantitative estimate of drug-likeness (QED) is 0.872. The van der Waals surface area contributed by atoms with Crippen molar-refractivity contribution in [1.29, 1.82) is 0 Å². The number of morpholine rings is 1. The second-order valence-corrected chi connectivity index (χ2v) is 5.41. The summed E-state index contributed by atoms with van der Waals surface area (Å²) in [6, 6.07) is 6.44. The molecule has 1 aromatic heterocycles. The van der Waals surface area contributed by atoms with E-state index in [1.165, 1.54) is 23.9 Å². The maximum atomic E-state index is 13.1. The number of benzene rings is 1. The Morgan fingerprint density at radius 2 is 2.40 bits per heavy atom. The minimum Gasteiger partial charge on any atom is -0.366 e. The molecule has 1 atom stereocenters. The van der Waals surface area contributed by atoms with E-state index in [0.717, 1.165) is 11.4 Å². The lowest BCUT2D eigenvalue weighted by Crippen LogP contribution is -2.33. The van der Waals surface area contributed by atoms with E-state index in [4.69, 9.17) is 9.26 Å². The summed E-state index contributed by atoms with van der Waals surface area (Å²) < 4.78 is 23.8. The minimum absolute atomic E-state index is 0.177. The Morgan fingerprint density at radius 3 is 3.20 bits per heavy atom. The molecule has 0 radical (unpaired) electrons. The van der Waals surface area contributed by atoms with Crippen molar-refractivity contribution >= 4 is 11.8 Å². The number of aromatic nitrogens is 2. The SMILES string of the molecule is Fc1cccc(SCc2noc(C3CNCCO3)n2)c1. The van der Waals surface area contributed by atoms with Gasteiger partial charge in [0.2, 0.25) is 0 Å². The predicted octanol–water partition coefficient (Wildman–Crippen LogP) is 2.16. The van der Waals surface area contributed by atoms with E-state index in [2.05, 4.69) is 15.5 Å². The van der Waals surface area contributed by atoms with Crippen LogP contribution in [0.4, 0.5) is 4.39 Å². The first-order chi connectivity index (χ1) is 9.81. The molecule has 0 saturated carbocycles. The van der Waals surface area contributed by atoms with Crippen LogP contribution >= 0.6 is 11.8 Å². The molecule has 1 saturated heterocycles. The zero-order valence-corrected chi connectivity index (χ0v) is 11.5. The van der Waals surface area contributed by atoms with Gasteiger partial charge in [0.15, 0.2) is 5.82 Å². The van der Waals surface area contributed by atoms with Crippen LogP contribution in [0.15, 0.2) is 33.7 Å². The van der Waals surface area contributed by atoms with Gasteiger partial charge in [0.1, 0.15) is 11.9 Å². The van der Waals surface area contributed by atoms with Crippen molar-refractivity contribution in [2.75, 3.05) is 19.7 Å². The van der Waals surface area contributed by atoms with Crippen LogP contribution in [0.3, 0.4) is 0 Å². The normalized spacial score (nSPS) is 19.1. The first kappa shape index (κ1) is 13.5. The number of rotatable bonds is 4. The summed E-state index contributed by atoms with van der Waals surface area (Å²) in [6.07, 6.45) is -0.177. The van der Waals surface area contributed by atoms with Crippen LogP contribution in [-0.4, -0.2) is 29.8 Å². The molecule has 0 bridgehead atoms. The smallest absolute Gasteiger partial charge is 0.257 e. The van der Waals surface area contributed by atoms with Crippen molar-refractivity contribution in [2.45, 2.75) is 16.8 Å². The Labute approximate surface area is 119 Å². The summed E-state index contributed by atoms with van der Waals surface area (Å²) in [7, 11) is 0. The summed E-state index contributed by atoms with van der Waals surface area (Å²) >= 11 is 1.47. The van der Waals surface area contributed by atoms with E-state index in [1.807, 2.05) is 6.07 Å². The fraction of sp³-hybridized carbons (Fsp3) is 0.385. The van der Waals surface area contributed by atoms with Crippen molar-refractivity contribution in [3.05, 3.63) is 41.8 Å². The molecule has 3 rings (SSSR count). The van der Waals surface area contributed by atoms with Crippen molar-refractivity contribution in [2.24, 2.45) is 0 Å². The van der Waals surface area contributed by atoms with Crippen LogP contribution in [0.25, 0.3) is 0 Å². The number of thioether (sulfide) groups is 1. The van der Waals surface area contributed by atoms with Gasteiger partial charge in [-0.05, 0) is 18.2 Å². The molecular weight excluding hydrogens is 281 g/mol. The van der Waals surface area contributed by atoms with Gasteiger partial charge >= 0.3 is 0 Å². The summed E-state index contributed by atoms with van der Waals surface area (Å²) in [4.78, 5) is 5.15. The van der Waals surface area contributed by atoms with Crippen molar-refractivity contribution in [1.82, 2.24) is 15.5 Å². The van der Waals surface area contributed by atoms with Crippen LogP contribution in [0.2, 0.25) is 0 Å². The molecule has 1 unspecified atom stereocenters. The second-order valence-electron chi connectivity index (χ2n) is 4.36. The fourth-order valence-electron chi connectivity index (χ4n) is 1.89. The first-order valence-electron chi connectivity index (χ1n) is 6.34. The van der Waals surface area contributed by atoms with Crippen LogP contribution < -0.4 is 5.32 Å². The summed E-state index contributed by atoms with van der Waals surface area (Å²) in [5, 5.41) is 7.13. The molecule has 0 amide bonds. The van der Waals surface area contributed by atoms with Gasteiger partial charge in [-0.15, -0.1) is 11.8 Å². The predicted molar refractivity (Wildman–Crippen MR) is 71.8 cm³/mol. The molecule has 2 heterocycles. The van der Waals surface area contributed by atoms with Crippen LogP contribution in [-0.2, 0) is 10.5 Å². The van der Waals surface area contributed by atoms with Gasteiger partial charge in [-0.2, -0.15) is 4.98 Å². The molecule has 2 aromatic rings. The van der Waals surface area contributed by atoms with Crippen molar-refractivity contribution < 1.29 is 13.7 Å². The fourth-order valence-corrected chi connectivity index (χ4v) is 2.67. The third-order valence-corrected chi connectivity index (χ3v) is 3.84. The number of nitrogens with one attached hydrogen (secondary N) is 1. The Hall–Kier alpha value is -1.44. The molecule has 20 heavy (non-hydrogen) atoms. The zero-order valence-electron chi connectivity index (χ0n) is 10.7. The lowest BCUT2D eigenvalue weighted by atomic mass is 10.3. The highest BCUT2D eigenvalue weighted by molar-refractivity contribution is 7.98.